The van der Waals surface area contributed by atoms with Crippen LogP contribution in [0, 0.1) is 0 Å². The van der Waals surface area contributed by atoms with E-state index in [1.807, 2.05) is 29.5 Å². The van der Waals surface area contributed by atoms with Crippen molar-refractivity contribution in [2.45, 2.75) is 19.4 Å². The van der Waals surface area contributed by atoms with Crippen LogP contribution in [0.1, 0.15) is 18.7 Å². The van der Waals surface area contributed by atoms with E-state index >= 15 is 0 Å². The Balaban J connectivity index is 1.80. The van der Waals surface area contributed by atoms with Gasteiger partial charge in [0.25, 0.3) is 5.89 Å². The molecule has 0 spiro atoms. The Labute approximate surface area is 121 Å². The van der Waals surface area contributed by atoms with Crippen molar-refractivity contribution < 1.29 is 14.1 Å². The van der Waals surface area contributed by atoms with Crippen LogP contribution in [0.3, 0.4) is 0 Å². The van der Waals surface area contributed by atoms with E-state index in [9.17, 15) is 4.79 Å². The third-order valence-corrected chi connectivity index (χ3v) is 3.62. The van der Waals surface area contributed by atoms with Crippen molar-refractivity contribution in [3.63, 3.8) is 0 Å². The number of hydrogen-bond donors (Lipinski definition) is 0. The van der Waals surface area contributed by atoms with E-state index < -0.39 is 0 Å². The second-order valence-corrected chi connectivity index (χ2v) is 5.36. The predicted octanol–water partition coefficient (Wildman–Crippen LogP) is 2.18. The van der Waals surface area contributed by atoms with Crippen LogP contribution < -0.4 is 0 Å². The number of carbonyl (C=O) groups excluding carboxylic acids is 1. The maximum atomic E-state index is 11.0. The zero-order chi connectivity index (χ0) is 14.4. The first-order valence-corrected chi connectivity index (χ1v) is 7.19. The SMILES string of the molecule is COC(=O)CCCN(C)Cc1noc(-c2cccs2)n1. The number of rotatable bonds is 7. The van der Waals surface area contributed by atoms with Crippen LogP contribution in [-0.4, -0.2) is 41.7 Å². The highest BCUT2D eigenvalue weighted by Crippen LogP contribution is 2.22. The lowest BCUT2D eigenvalue weighted by atomic mass is 10.3. The zero-order valence-electron chi connectivity index (χ0n) is 11.5. The highest BCUT2D eigenvalue weighted by molar-refractivity contribution is 7.13. The molecule has 0 N–H and O–H groups in total. The first-order valence-electron chi connectivity index (χ1n) is 6.31. The van der Waals surface area contributed by atoms with Crippen LogP contribution in [0.25, 0.3) is 10.8 Å². The van der Waals surface area contributed by atoms with Gasteiger partial charge in [-0.25, -0.2) is 0 Å². The fourth-order valence-electron chi connectivity index (χ4n) is 1.73. The molecule has 0 aliphatic carbocycles. The van der Waals surface area contributed by atoms with Gasteiger partial charge in [0.15, 0.2) is 5.82 Å². The Morgan fingerprint density at radius 2 is 2.40 bits per heavy atom. The molecule has 7 heteroatoms. The maximum Gasteiger partial charge on any atom is 0.305 e. The van der Waals surface area contributed by atoms with Gasteiger partial charge in [-0.05, 0) is 31.5 Å². The fraction of sp³-hybridized carbons (Fsp3) is 0.462. The van der Waals surface area contributed by atoms with Gasteiger partial charge >= 0.3 is 5.97 Å². The Morgan fingerprint density at radius 1 is 1.55 bits per heavy atom. The average molecular weight is 295 g/mol. The summed E-state index contributed by atoms with van der Waals surface area (Å²) in [5.74, 6) is 1.02. The second kappa shape index (κ2) is 7.16. The molecule has 0 aromatic carbocycles. The van der Waals surface area contributed by atoms with Crippen molar-refractivity contribution in [2.75, 3.05) is 20.7 Å². The predicted molar refractivity (Wildman–Crippen MR) is 75.2 cm³/mol. The van der Waals surface area contributed by atoms with E-state index in [1.165, 1.54) is 7.11 Å². The van der Waals surface area contributed by atoms with E-state index in [1.54, 1.807) is 11.3 Å². The van der Waals surface area contributed by atoms with E-state index in [4.69, 9.17) is 4.52 Å². The highest BCUT2D eigenvalue weighted by Gasteiger charge is 2.11. The number of esters is 1. The normalized spacial score (nSPS) is 10.9. The van der Waals surface area contributed by atoms with Gasteiger partial charge in [0.2, 0.25) is 0 Å². The molecule has 0 atom stereocenters. The van der Waals surface area contributed by atoms with Crippen molar-refractivity contribution in [3.05, 3.63) is 23.3 Å². The minimum Gasteiger partial charge on any atom is -0.469 e. The third kappa shape index (κ3) is 4.14. The fourth-order valence-corrected chi connectivity index (χ4v) is 2.38. The number of ether oxygens (including phenoxy) is 1. The van der Waals surface area contributed by atoms with E-state index in [2.05, 4.69) is 14.9 Å². The van der Waals surface area contributed by atoms with Gasteiger partial charge < -0.3 is 9.26 Å². The Kier molecular flexibility index (Phi) is 5.25. The molecule has 2 heterocycles. The average Bonchev–Trinajstić information content (AvgIpc) is 3.08. The van der Waals surface area contributed by atoms with Gasteiger partial charge in [0.1, 0.15) is 0 Å². The van der Waals surface area contributed by atoms with Gasteiger partial charge in [0.05, 0.1) is 18.5 Å². The summed E-state index contributed by atoms with van der Waals surface area (Å²) >= 11 is 1.57. The summed E-state index contributed by atoms with van der Waals surface area (Å²) in [6, 6.07) is 3.89. The molecular formula is C13H17N3O3S. The lowest BCUT2D eigenvalue weighted by Crippen LogP contribution is -2.20. The molecule has 0 fully saturated rings. The smallest absolute Gasteiger partial charge is 0.305 e. The Bertz CT molecular complexity index is 539. The molecule has 2 aromatic heterocycles. The first kappa shape index (κ1) is 14.7. The topological polar surface area (TPSA) is 68.5 Å². The van der Waals surface area contributed by atoms with Crippen LogP contribution in [0.4, 0.5) is 0 Å². The molecule has 0 aliphatic rings. The third-order valence-electron chi connectivity index (χ3n) is 2.76. The standard InChI is InChI=1S/C13H17N3O3S/c1-16(7-3-6-12(17)18-2)9-11-14-13(19-15-11)10-5-4-8-20-10/h4-5,8H,3,6-7,9H2,1-2H3. The summed E-state index contributed by atoms with van der Waals surface area (Å²) in [6.07, 6.45) is 1.17. The molecule has 2 rings (SSSR count). The summed E-state index contributed by atoms with van der Waals surface area (Å²) in [4.78, 5) is 18.4. The van der Waals surface area contributed by atoms with E-state index in [0.717, 1.165) is 17.8 Å². The Hall–Kier alpha value is -1.73. The summed E-state index contributed by atoms with van der Waals surface area (Å²) < 4.78 is 9.82. The van der Waals surface area contributed by atoms with Crippen LogP contribution in [0.15, 0.2) is 22.0 Å². The quantitative estimate of drug-likeness (QED) is 0.729. The molecule has 0 radical (unpaired) electrons. The van der Waals surface area contributed by atoms with Crippen molar-refractivity contribution in [2.24, 2.45) is 0 Å². The minimum atomic E-state index is -0.182. The highest BCUT2D eigenvalue weighted by atomic mass is 32.1. The monoisotopic (exact) mass is 295 g/mol. The van der Waals surface area contributed by atoms with Gasteiger partial charge in [-0.1, -0.05) is 11.2 Å². The van der Waals surface area contributed by atoms with Gasteiger partial charge in [0, 0.05) is 6.42 Å². The molecule has 108 valence electrons. The van der Waals surface area contributed by atoms with Crippen molar-refractivity contribution in [3.8, 4) is 10.8 Å². The summed E-state index contributed by atoms with van der Waals surface area (Å²) in [7, 11) is 3.36. The number of nitrogens with zero attached hydrogens (tertiary/aromatic N) is 3. The van der Waals surface area contributed by atoms with Crippen LogP contribution in [-0.2, 0) is 16.1 Å². The van der Waals surface area contributed by atoms with Gasteiger partial charge in [-0.3, -0.25) is 9.69 Å². The van der Waals surface area contributed by atoms with E-state index in [-0.39, 0.29) is 5.97 Å². The lowest BCUT2D eigenvalue weighted by Gasteiger charge is -2.13. The van der Waals surface area contributed by atoms with E-state index in [0.29, 0.717) is 24.7 Å². The number of carbonyl (C=O) groups is 1. The molecule has 0 amide bonds. The van der Waals surface area contributed by atoms with Crippen LogP contribution in [0.2, 0.25) is 0 Å². The molecule has 0 bridgehead atoms. The van der Waals surface area contributed by atoms with Gasteiger partial charge in [-0.15, -0.1) is 11.3 Å². The molecule has 0 unspecified atom stereocenters. The number of hydrogen-bond acceptors (Lipinski definition) is 7. The molecular weight excluding hydrogens is 278 g/mol. The molecule has 20 heavy (non-hydrogen) atoms. The minimum absolute atomic E-state index is 0.182. The molecule has 0 saturated heterocycles. The summed E-state index contributed by atoms with van der Waals surface area (Å²) in [5, 5.41) is 5.93. The largest absolute Gasteiger partial charge is 0.469 e. The molecule has 0 saturated carbocycles. The van der Waals surface area contributed by atoms with Crippen LogP contribution >= 0.6 is 11.3 Å². The zero-order valence-corrected chi connectivity index (χ0v) is 12.4. The molecule has 0 aliphatic heterocycles. The van der Waals surface area contributed by atoms with Crippen LogP contribution in [0.5, 0.6) is 0 Å². The van der Waals surface area contributed by atoms with Crippen molar-refractivity contribution in [1.29, 1.82) is 0 Å². The second-order valence-electron chi connectivity index (χ2n) is 4.41. The summed E-state index contributed by atoms with van der Waals surface area (Å²) in [6.45, 7) is 1.37. The first-order chi connectivity index (χ1) is 9.69. The maximum absolute atomic E-state index is 11.0. The molecule has 2 aromatic rings. The van der Waals surface area contributed by atoms with Crippen molar-refractivity contribution in [1.82, 2.24) is 15.0 Å². The summed E-state index contributed by atoms with van der Waals surface area (Å²) in [5.41, 5.74) is 0. The number of methoxy groups -OCH3 is 1. The lowest BCUT2D eigenvalue weighted by molar-refractivity contribution is -0.140. The number of thiophene rings is 1. The molecule has 6 nitrogen and oxygen atoms in total. The number of aromatic nitrogens is 2. The Morgan fingerprint density at radius 3 is 3.10 bits per heavy atom. The van der Waals surface area contributed by atoms with Gasteiger partial charge in [-0.2, -0.15) is 4.98 Å². The van der Waals surface area contributed by atoms with Crippen molar-refractivity contribution >= 4 is 17.3 Å².